The number of hydrogen-bond donors (Lipinski definition) is 0. The van der Waals surface area contributed by atoms with E-state index in [1.165, 1.54) is 0 Å². The average molecular weight is 411 g/mol. The molecule has 0 N–H and O–H groups in total. The number of rotatable bonds is 1. The van der Waals surface area contributed by atoms with Crippen LogP contribution in [-0.4, -0.2) is 16.6 Å². The summed E-state index contributed by atoms with van der Waals surface area (Å²) in [6.45, 7) is 0. The van der Waals surface area contributed by atoms with Crippen molar-refractivity contribution in [3.63, 3.8) is 0 Å². The number of carbonyl (C=O) groups excluding carboxylic acids is 2. The van der Waals surface area contributed by atoms with Crippen molar-refractivity contribution in [2.45, 2.75) is 0 Å². The minimum Gasteiger partial charge on any atom is -0.288 e. The second-order valence-electron chi connectivity index (χ2n) is 5.27. The number of fused-ring (bicyclic) bond motifs is 2. The zero-order valence-corrected chi connectivity index (χ0v) is 14.1. The van der Waals surface area contributed by atoms with E-state index in [1.54, 1.807) is 30.5 Å². The first-order valence-electron chi connectivity index (χ1n) is 7.11. The molecule has 0 aliphatic heterocycles. The van der Waals surface area contributed by atoms with Crippen LogP contribution in [0.1, 0.15) is 32.0 Å². The third-order valence-electron chi connectivity index (χ3n) is 3.95. The van der Waals surface area contributed by atoms with E-state index < -0.39 is 0 Å². The van der Waals surface area contributed by atoms with E-state index in [2.05, 4.69) is 27.6 Å². The Morgan fingerprint density at radius 3 is 2.04 bits per heavy atom. The molecule has 0 fully saturated rings. The molecular formula is C19H10INO2. The van der Waals surface area contributed by atoms with E-state index in [1.807, 2.05) is 30.3 Å². The van der Waals surface area contributed by atoms with Crippen LogP contribution in [0, 0.1) is 3.57 Å². The third kappa shape index (κ3) is 2.13. The zero-order valence-electron chi connectivity index (χ0n) is 11.9. The highest BCUT2D eigenvalue weighted by atomic mass is 127. The third-order valence-corrected chi connectivity index (χ3v) is 4.77. The fourth-order valence-corrected chi connectivity index (χ4v) is 3.63. The maximum Gasteiger partial charge on any atom is 0.212 e. The Morgan fingerprint density at radius 2 is 1.35 bits per heavy atom. The molecule has 3 nitrogen and oxygen atoms in total. The number of pyridine rings is 1. The number of carbonyl (C=O) groups is 2. The monoisotopic (exact) mass is 411 g/mol. The molecule has 4 rings (SSSR count). The Bertz CT molecular complexity index is 964. The molecule has 0 saturated heterocycles. The summed E-state index contributed by atoms with van der Waals surface area (Å²) in [7, 11) is 0. The number of ketones is 2. The molecule has 0 unspecified atom stereocenters. The van der Waals surface area contributed by atoms with E-state index in [-0.39, 0.29) is 17.3 Å². The Morgan fingerprint density at radius 1 is 0.739 bits per heavy atom. The lowest BCUT2D eigenvalue weighted by atomic mass is 9.83. The molecule has 0 spiro atoms. The van der Waals surface area contributed by atoms with E-state index >= 15 is 0 Å². The van der Waals surface area contributed by atoms with Crippen LogP contribution in [-0.2, 0) is 0 Å². The SMILES string of the molecule is O=C1c2ccccc2C(=O)c2c1ncc(I)c2-c1ccccc1. The number of aromatic nitrogens is 1. The summed E-state index contributed by atoms with van der Waals surface area (Å²) in [5, 5.41) is 0. The fourth-order valence-electron chi connectivity index (χ4n) is 2.91. The average Bonchev–Trinajstić information content (AvgIpc) is 2.60. The van der Waals surface area contributed by atoms with Crippen molar-refractivity contribution >= 4 is 34.2 Å². The lowest BCUT2D eigenvalue weighted by Gasteiger charge is -2.20. The first kappa shape index (κ1) is 14.3. The van der Waals surface area contributed by atoms with Crippen LogP contribution >= 0.6 is 22.6 Å². The number of halogens is 1. The van der Waals surface area contributed by atoms with Gasteiger partial charge < -0.3 is 0 Å². The highest BCUT2D eigenvalue weighted by Gasteiger charge is 2.33. The molecule has 1 aliphatic carbocycles. The van der Waals surface area contributed by atoms with Gasteiger partial charge in [0.05, 0.1) is 5.56 Å². The lowest BCUT2D eigenvalue weighted by Crippen LogP contribution is -2.23. The van der Waals surface area contributed by atoms with Crippen LogP contribution < -0.4 is 0 Å². The van der Waals surface area contributed by atoms with Gasteiger partial charge in [0.15, 0.2) is 5.78 Å². The molecule has 110 valence electrons. The van der Waals surface area contributed by atoms with Gasteiger partial charge in [-0.25, -0.2) is 0 Å². The first-order valence-corrected chi connectivity index (χ1v) is 8.18. The number of benzene rings is 2. The fraction of sp³-hybridized carbons (Fsp3) is 0. The van der Waals surface area contributed by atoms with Gasteiger partial charge in [-0.15, -0.1) is 0 Å². The highest BCUT2D eigenvalue weighted by molar-refractivity contribution is 14.1. The summed E-state index contributed by atoms with van der Waals surface area (Å²) in [5.41, 5.74) is 3.23. The van der Waals surface area contributed by atoms with Crippen molar-refractivity contribution in [1.82, 2.24) is 4.98 Å². The molecule has 3 aromatic rings. The Kier molecular flexibility index (Phi) is 3.34. The van der Waals surface area contributed by atoms with Gasteiger partial charge in [0.25, 0.3) is 0 Å². The van der Waals surface area contributed by atoms with Crippen molar-refractivity contribution in [3.8, 4) is 11.1 Å². The summed E-state index contributed by atoms with van der Waals surface area (Å²) in [4.78, 5) is 30.0. The molecule has 0 saturated carbocycles. The van der Waals surface area contributed by atoms with Gasteiger partial charge in [-0.05, 0) is 28.2 Å². The summed E-state index contributed by atoms with van der Waals surface area (Å²) >= 11 is 2.16. The van der Waals surface area contributed by atoms with Crippen molar-refractivity contribution < 1.29 is 9.59 Å². The summed E-state index contributed by atoms with van der Waals surface area (Å²) in [6, 6.07) is 16.6. The minimum absolute atomic E-state index is 0.139. The van der Waals surface area contributed by atoms with E-state index in [0.29, 0.717) is 16.7 Å². The highest BCUT2D eigenvalue weighted by Crippen LogP contribution is 2.35. The molecule has 1 heterocycles. The largest absolute Gasteiger partial charge is 0.288 e. The minimum atomic E-state index is -0.191. The van der Waals surface area contributed by atoms with Gasteiger partial charge in [0.2, 0.25) is 5.78 Å². The second-order valence-corrected chi connectivity index (χ2v) is 6.44. The van der Waals surface area contributed by atoms with E-state index in [4.69, 9.17) is 0 Å². The number of nitrogens with zero attached hydrogens (tertiary/aromatic N) is 1. The maximum atomic E-state index is 13.0. The molecule has 0 atom stereocenters. The molecule has 0 radical (unpaired) electrons. The van der Waals surface area contributed by atoms with Crippen molar-refractivity contribution in [2.24, 2.45) is 0 Å². The van der Waals surface area contributed by atoms with E-state index in [0.717, 1.165) is 14.7 Å². The molecular weight excluding hydrogens is 401 g/mol. The molecule has 0 bridgehead atoms. The molecule has 1 aromatic heterocycles. The predicted molar refractivity (Wildman–Crippen MR) is 95.7 cm³/mol. The Labute approximate surface area is 146 Å². The number of hydrogen-bond acceptors (Lipinski definition) is 3. The Balaban J connectivity index is 2.06. The van der Waals surface area contributed by atoms with Crippen molar-refractivity contribution in [3.05, 3.63) is 86.7 Å². The zero-order chi connectivity index (χ0) is 16.0. The van der Waals surface area contributed by atoms with Gasteiger partial charge in [0.1, 0.15) is 5.69 Å². The maximum absolute atomic E-state index is 13.0. The van der Waals surface area contributed by atoms with Crippen LogP contribution in [0.15, 0.2) is 60.8 Å². The first-order chi connectivity index (χ1) is 11.2. The second kappa shape index (κ2) is 5.38. The normalized spacial score (nSPS) is 12.7. The topological polar surface area (TPSA) is 47.0 Å². The molecule has 2 aromatic carbocycles. The molecule has 23 heavy (non-hydrogen) atoms. The van der Waals surface area contributed by atoms with Crippen LogP contribution in [0.25, 0.3) is 11.1 Å². The standard InChI is InChI=1S/C19H10INO2/c20-14-10-21-17-16(15(14)11-6-2-1-3-7-11)18(22)12-8-4-5-9-13(12)19(17)23/h1-10H. The van der Waals surface area contributed by atoms with Gasteiger partial charge in [-0.3, -0.25) is 14.6 Å². The molecule has 0 amide bonds. The van der Waals surface area contributed by atoms with Crippen LogP contribution in [0.2, 0.25) is 0 Å². The predicted octanol–water partition coefficient (Wildman–Crippen LogP) is 4.13. The van der Waals surface area contributed by atoms with E-state index in [9.17, 15) is 9.59 Å². The lowest BCUT2D eigenvalue weighted by molar-refractivity contribution is 0.0975. The smallest absolute Gasteiger partial charge is 0.212 e. The molecule has 1 aliphatic rings. The van der Waals surface area contributed by atoms with Crippen molar-refractivity contribution in [1.29, 1.82) is 0 Å². The quantitative estimate of drug-likeness (QED) is 0.443. The van der Waals surface area contributed by atoms with Gasteiger partial charge >= 0.3 is 0 Å². The van der Waals surface area contributed by atoms with Gasteiger partial charge in [-0.2, -0.15) is 0 Å². The summed E-state index contributed by atoms with van der Waals surface area (Å²) < 4.78 is 0.855. The van der Waals surface area contributed by atoms with Gasteiger partial charge in [0, 0.05) is 26.5 Å². The van der Waals surface area contributed by atoms with Gasteiger partial charge in [-0.1, -0.05) is 54.6 Å². The van der Waals surface area contributed by atoms with Crippen LogP contribution in [0.3, 0.4) is 0 Å². The summed E-state index contributed by atoms with van der Waals surface area (Å²) in [6.07, 6.45) is 1.65. The summed E-state index contributed by atoms with van der Waals surface area (Å²) in [5.74, 6) is -0.330. The van der Waals surface area contributed by atoms with Crippen molar-refractivity contribution in [2.75, 3.05) is 0 Å². The van der Waals surface area contributed by atoms with Crippen LogP contribution in [0.4, 0.5) is 0 Å². The molecule has 4 heteroatoms. The van der Waals surface area contributed by atoms with Crippen LogP contribution in [0.5, 0.6) is 0 Å². The Hall–Kier alpha value is -2.34.